The second kappa shape index (κ2) is 7.72. The molecule has 0 fully saturated rings. The molecule has 5 nitrogen and oxygen atoms in total. The van der Waals surface area contributed by atoms with Gasteiger partial charge in [0.2, 0.25) is 5.95 Å². The summed E-state index contributed by atoms with van der Waals surface area (Å²) in [6.45, 7) is 9.97. The van der Waals surface area contributed by atoms with Gasteiger partial charge < -0.3 is 10.2 Å². The van der Waals surface area contributed by atoms with E-state index in [9.17, 15) is 4.79 Å². The van der Waals surface area contributed by atoms with Crippen molar-refractivity contribution in [2.24, 2.45) is 0 Å². The zero-order valence-electron chi connectivity index (χ0n) is 14.2. The predicted molar refractivity (Wildman–Crippen MR) is 94.1 cm³/mol. The van der Waals surface area contributed by atoms with Crippen LogP contribution >= 0.6 is 0 Å². The molecule has 1 aromatic carbocycles. The van der Waals surface area contributed by atoms with Crippen molar-refractivity contribution in [3.8, 4) is 0 Å². The van der Waals surface area contributed by atoms with E-state index in [1.54, 1.807) is 12.3 Å². The van der Waals surface area contributed by atoms with Crippen molar-refractivity contribution in [3.05, 3.63) is 47.8 Å². The quantitative estimate of drug-likeness (QED) is 0.883. The highest BCUT2D eigenvalue weighted by Gasteiger charge is 2.12. The Bertz CT molecular complexity index is 648. The zero-order valence-corrected chi connectivity index (χ0v) is 14.2. The second-order valence-corrected chi connectivity index (χ2v) is 5.65. The molecule has 0 atom stereocenters. The summed E-state index contributed by atoms with van der Waals surface area (Å²) in [5.74, 6) is 0.828. The van der Waals surface area contributed by atoms with Gasteiger partial charge >= 0.3 is 0 Å². The highest BCUT2D eigenvalue weighted by Crippen LogP contribution is 2.17. The van der Waals surface area contributed by atoms with Crippen LogP contribution in [-0.2, 0) is 0 Å². The molecule has 1 amide bonds. The molecular weight excluding hydrogens is 288 g/mol. The van der Waals surface area contributed by atoms with Crippen molar-refractivity contribution in [2.45, 2.75) is 33.6 Å². The van der Waals surface area contributed by atoms with Gasteiger partial charge in [-0.1, -0.05) is 26.0 Å². The van der Waals surface area contributed by atoms with Gasteiger partial charge in [0.15, 0.2) is 0 Å². The van der Waals surface area contributed by atoms with Crippen molar-refractivity contribution >= 4 is 17.5 Å². The number of rotatable bonds is 6. The first kappa shape index (κ1) is 16.9. The van der Waals surface area contributed by atoms with E-state index in [2.05, 4.69) is 29.1 Å². The first-order valence-electron chi connectivity index (χ1n) is 8.04. The van der Waals surface area contributed by atoms with Crippen LogP contribution in [0, 0.1) is 0 Å². The van der Waals surface area contributed by atoms with Gasteiger partial charge in [0, 0.05) is 25.0 Å². The van der Waals surface area contributed by atoms with Crippen molar-refractivity contribution in [1.82, 2.24) is 9.97 Å². The van der Waals surface area contributed by atoms with Gasteiger partial charge in [-0.2, -0.15) is 0 Å². The van der Waals surface area contributed by atoms with E-state index in [4.69, 9.17) is 0 Å². The molecular formula is C18H24N4O. The third-order valence-electron chi connectivity index (χ3n) is 3.76. The summed E-state index contributed by atoms with van der Waals surface area (Å²) < 4.78 is 0. The maximum absolute atomic E-state index is 12.4. The van der Waals surface area contributed by atoms with E-state index < -0.39 is 0 Å². The molecule has 2 rings (SSSR count). The van der Waals surface area contributed by atoms with Gasteiger partial charge in [-0.15, -0.1) is 0 Å². The van der Waals surface area contributed by atoms with Gasteiger partial charge in [0.05, 0.1) is 0 Å². The van der Waals surface area contributed by atoms with Crippen LogP contribution in [0.2, 0.25) is 0 Å². The van der Waals surface area contributed by atoms with Gasteiger partial charge in [-0.25, -0.2) is 9.97 Å². The number of nitrogens with one attached hydrogen (secondary N) is 1. The van der Waals surface area contributed by atoms with E-state index in [-0.39, 0.29) is 5.91 Å². The first-order chi connectivity index (χ1) is 11.0. The molecule has 23 heavy (non-hydrogen) atoms. The largest absolute Gasteiger partial charge is 0.341 e. The topological polar surface area (TPSA) is 58.1 Å². The molecule has 0 aliphatic carbocycles. The van der Waals surface area contributed by atoms with Gasteiger partial charge in [-0.3, -0.25) is 4.79 Å². The van der Waals surface area contributed by atoms with Crippen LogP contribution in [-0.4, -0.2) is 29.0 Å². The lowest BCUT2D eigenvalue weighted by atomic mass is 10.0. The fourth-order valence-electron chi connectivity index (χ4n) is 2.28. The van der Waals surface area contributed by atoms with Crippen LogP contribution in [0.4, 0.5) is 11.6 Å². The number of carbonyl (C=O) groups is 1. The Hall–Kier alpha value is -2.43. The smallest absolute Gasteiger partial charge is 0.274 e. The Labute approximate surface area is 137 Å². The molecule has 2 aromatic rings. The van der Waals surface area contributed by atoms with Crippen molar-refractivity contribution in [2.75, 3.05) is 23.3 Å². The molecule has 1 aromatic heterocycles. The Morgan fingerprint density at radius 2 is 1.78 bits per heavy atom. The van der Waals surface area contributed by atoms with Gasteiger partial charge in [-0.05, 0) is 43.5 Å². The van der Waals surface area contributed by atoms with Crippen LogP contribution in [0.5, 0.6) is 0 Å². The van der Waals surface area contributed by atoms with Crippen LogP contribution in [0.15, 0.2) is 36.5 Å². The van der Waals surface area contributed by atoms with E-state index in [0.29, 0.717) is 17.6 Å². The lowest BCUT2D eigenvalue weighted by Gasteiger charge is -2.18. The highest BCUT2D eigenvalue weighted by atomic mass is 16.1. The number of benzene rings is 1. The maximum Gasteiger partial charge on any atom is 0.274 e. The summed E-state index contributed by atoms with van der Waals surface area (Å²) in [5, 5.41) is 2.88. The Balaban J connectivity index is 2.12. The minimum Gasteiger partial charge on any atom is -0.341 e. The average molecular weight is 312 g/mol. The molecule has 0 aliphatic rings. The lowest BCUT2D eigenvalue weighted by molar-refractivity contribution is 0.102. The number of amides is 1. The molecule has 0 radical (unpaired) electrons. The van der Waals surface area contributed by atoms with Crippen molar-refractivity contribution in [1.29, 1.82) is 0 Å². The number of aromatic nitrogens is 2. The Morgan fingerprint density at radius 3 is 2.35 bits per heavy atom. The molecule has 122 valence electrons. The second-order valence-electron chi connectivity index (χ2n) is 5.65. The summed E-state index contributed by atoms with van der Waals surface area (Å²) >= 11 is 0. The van der Waals surface area contributed by atoms with Gasteiger partial charge in [0.25, 0.3) is 5.91 Å². The Morgan fingerprint density at radius 1 is 1.13 bits per heavy atom. The standard InChI is InChI=1S/C18H24N4O/c1-5-22(6-2)18-19-12-11-16(21-18)17(23)20-15-9-7-14(8-10-15)13(3)4/h7-13H,5-6H2,1-4H3,(H,20,23). The zero-order chi connectivity index (χ0) is 16.8. The number of hydrogen-bond acceptors (Lipinski definition) is 4. The minimum atomic E-state index is -0.224. The summed E-state index contributed by atoms with van der Waals surface area (Å²) in [6.07, 6.45) is 1.62. The lowest BCUT2D eigenvalue weighted by Crippen LogP contribution is -2.25. The molecule has 0 saturated heterocycles. The molecule has 1 heterocycles. The van der Waals surface area contributed by atoms with Crippen molar-refractivity contribution in [3.63, 3.8) is 0 Å². The Kier molecular flexibility index (Phi) is 5.68. The van der Waals surface area contributed by atoms with Crippen molar-refractivity contribution < 1.29 is 4.79 Å². The fraction of sp³-hybridized carbons (Fsp3) is 0.389. The molecule has 0 unspecified atom stereocenters. The van der Waals surface area contributed by atoms with E-state index in [1.807, 2.05) is 43.0 Å². The molecule has 0 bridgehead atoms. The molecule has 0 aliphatic heterocycles. The third-order valence-corrected chi connectivity index (χ3v) is 3.76. The molecule has 0 saturated carbocycles. The van der Waals surface area contributed by atoms with E-state index in [1.165, 1.54) is 5.56 Å². The number of hydrogen-bond donors (Lipinski definition) is 1. The number of carbonyl (C=O) groups excluding carboxylic acids is 1. The fourth-order valence-corrected chi connectivity index (χ4v) is 2.28. The number of nitrogens with zero attached hydrogens (tertiary/aromatic N) is 3. The van der Waals surface area contributed by atoms with Crippen LogP contribution in [0.1, 0.15) is 49.7 Å². The summed E-state index contributed by atoms with van der Waals surface area (Å²) in [6, 6.07) is 9.52. The minimum absolute atomic E-state index is 0.224. The maximum atomic E-state index is 12.4. The molecule has 5 heteroatoms. The first-order valence-corrected chi connectivity index (χ1v) is 8.04. The normalized spacial score (nSPS) is 10.7. The monoisotopic (exact) mass is 312 g/mol. The summed E-state index contributed by atoms with van der Waals surface area (Å²) in [7, 11) is 0. The predicted octanol–water partition coefficient (Wildman–Crippen LogP) is 3.70. The van der Waals surface area contributed by atoms with Gasteiger partial charge in [0.1, 0.15) is 5.69 Å². The molecule has 0 spiro atoms. The average Bonchev–Trinajstić information content (AvgIpc) is 2.57. The van der Waals surface area contributed by atoms with E-state index >= 15 is 0 Å². The number of anilines is 2. The van der Waals surface area contributed by atoms with Crippen LogP contribution in [0.25, 0.3) is 0 Å². The van der Waals surface area contributed by atoms with E-state index in [0.717, 1.165) is 18.8 Å². The SMILES string of the molecule is CCN(CC)c1nccc(C(=O)Nc2ccc(C(C)C)cc2)n1. The van der Waals surface area contributed by atoms with Crippen LogP contribution in [0.3, 0.4) is 0 Å². The third kappa shape index (κ3) is 4.28. The summed E-state index contributed by atoms with van der Waals surface area (Å²) in [4.78, 5) is 23.0. The summed E-state index contributed by atoms with van der Waals surface area (Å²) in [5.41, 5.74) is 2.38. The van der Waals surface area contributed by atoms with Crippen LogP contribution < -0.4 is 10.2 Å². The molecule has 1 N–H and O–H groups in total. The highest BCUT2D eigenvalue weighted by molar-refractivity contribution is 6.02.